The zero-order valence-corrected chi connectivity index (χ0v) is 21.9. The van der Waals surface area contributed by atoms with Crippen molar-refractivity contribution in [3.05, 3.63) is 88.9 Å². The third kappa shape index (κ3) is 6.82. The number of carbonyl (C=O) groups excluding carboxylic acids is 1. The van der Waals surface area contributed by atoms with Crippen molar-refractivity contribution >= 4 is 43.1 Å². The molecule has 3 aromatic rings. The van der Waals surface area contributed by atoms with E-state index >= 15 is 0 Å². The standard InChI is InChI=1S/C24H22ClF3N2O5S2/c1-16(17-8-11-19(12-9-17)36(2,32)33)29-23(31)15-30(37(34,35)20-6-4-3-5-7-20)18-10-13-22(25)21(14-18)24(26,27)28/h3-14,16H,15H2,1-2H3,(H,29,31). The Bertz CT molecular complexity index is 1500. The lowest BCUT2D eigenvalue weighted by molar-refractivity contribution is -0.137. The summed E-state index contributed by atoms with van der Waals surface area (Å²) in [7, 11) is -7.88. The minimum atomic E-state index is -4.86. The molecule has 0 aliphatic heterocycles. The Morgan fingerprint density at radius 1 is 0.946 bits per heavy atom. The van der Waals surface area contributed by atoms with Crippen LogP contribution < -0.4 is 9.62 Å². The zero-order valence-electron chi connectivity index (χ0n) is 19.5. The first-order valence-corrected chi connectivity index (χ1v) is 14.4. The number of sulfonamides is 1. The van der Waals surface area contributed by atoms with Crippen LogP contribution in [0.1, 0.15) is 24.1 Å². The molecule has 0 heterocycles. The predicted octanol–water partition coefficient (Wildman–Crippen LogP) is 4.84. The molecule has 0 bridgehead atoms. The first-order chi connectivity index (χ1) is 17.1. The van der Waals surface area contributed by atoms with Crippen molar-refractivity contribution in [3.8, 4) is 0 Å². The average molecular weight is 575 g/mol. The molecule has 7 nitrogen and oxygen atoms in total. The molecule has 0 spiro atoms. The number of carbonyl (C=O) groups is 1. The van der Waals surface area contributed by atoms with Gasteiger partial charge >= 0.3 is 6.18 Å². The fraction of sp³-hybridized carbons (Fsp3) is 0.208. The van der Waals surface area contributed by atoms with Gasteiger partial charge in [-0.2, -0.15) is 13.2 Å². The van der Waals surface area contributed by atoms with Gasteiger partial charge in [-0.3, -0.25) is 9.10 Å². The molecule has 3 aromatic carbocycles. The predicted molar refractivity (Wildman–Crippen MR) is 134 cm³/mol. The van der Waals surface area contributed by atoms with Gasteiger partial charge in [0.1, 0.15) is 6.54 Å². The lowest BCUT2D eigenvalue weighted by Crippen LogP contribution is -2.41. The summed E-state index contributed by atoms with van der Waals surface area (Å²) in [6.45, 7) is 0.759. The lowest BCUT2D eigenvalue weighted by atomic mass is 10.1. The Labute approximate surface area is 217 Å². The number of hydrogen-bond donors (Lipinski definition) is 1. The normalized spacial score (nSPS) is 13.1. The quantitative estimate of drug-likeness (QED) is 0.415. The maximum atomic E-state index is 13.5. The highest BCUT2D eigenvalue weighted by Gasteiger charge is 2.35. The van der Waals surface area contributed by atoms with Crippen LogP contribution in [0.2, 0.25) is 5.02 Å². The van der Waals surface area contributed by atoms with Gasteiger partial charge in [0.15, 0.2) is 9.84 Å². The van der Waals surface area contributed by atoms with E-state index in [4.69, 9.17) is 11.6 Å². The SMILES string of the molecule is CC(NC(=O)CN(c1ccc(Cl)c(C(F)(F)F)c1)S(=O)(=O)c1ccccc1)c1ccc(S(C)(=O)=O)cc1. The van der Waals surface area contributed by atoms with Crippen LogP contribution in [-0.4, -0.2) is 35.5 Å². The Balaban J connectivity index is 1.94. The summed E-state index contributed by atoms with van der Waals surface area (Å²) in [5.74, 6) is -0.803. The molecule has 37 heavy (non-hydrogen) atoms. The van der Waals surface area contributed by atoms with Crippen LogP contribution >= 0.6 is 11.6 Å². The maximum Gasteiger partial charge on any atom is 0.417 e. The van der Waals surface area contributed by atoms with Crippen LogP contribution in [0.5, 0.6) is 0 Å². The minimum Gasteiger partial charge on any atom is -0.348 e. The van der Waals surface area contributed by atoms with Gasteiger partial charge in [0.2, 0.25) is 5.91 Å². The fourth-order valence-electron chi connectivity index (χ4n) is 3.42. The van der Waals surface area contributed by atoms with Crippen molar-refractivity contribution in [2.45, 2.75) is 28.9 Å². The first-order valence-electron chi connectivity index (χ1n) is 10.6. The Kier molecular flexibility index (Phi) is 8.25. The van der Waals surface area contributed by atoms with Crippen LogP contribution in [0, 0.1) is 0 Å². The molecule has 0 aliphatic rings. The Hall–Kier alpha value is -3.09. The van der Waals surface area contributed by atoms with Crippen molar-refractivity contribution in [2.75, 3.05) is 17.1 Å². The average Bonchev–Trinajstić information content (AvgIpc) is 2.82. The fourth-order valence-corrected chi connectivity index (χ4v) is 5.71. The van der Waals surface area contributed by atoms with Crippen molar-refractivity contribution in [2.24, 2.45) is 0 Å². The smallest absolute Gasteiger partial charge is 0.348 e. The van der Waals surface area contributed by atoms with Gasteiger partial charge in [0, 0.05) is 6.26 Å². The van der Waals surface area contributed by atoms with E-state index in [0.717, 1.165) is 18.4 Å². The number of benzene rings is 3. The van der Waals surface area contributed by atoms with Gasteiger partial charge in [-0.05, 0) is 55.0 Å². The topological polar surface area (TPSA) is 101 Å². The van der Waals surface area contributed by atoms with E-state index in [-0.39, 0.29) is 9.79 Å². The van der Waals surface area contributed by atoms with Gasteiger partial charge in [0.25, 0.3) is 10.0 Å². The molecule has 0 saturated heterocycles. The molecule has 198 valence electrons. The molecule has 1 unspecified atom stereocenters. The molecule has 1 atom stereocenters. The van der Waals surface area contributed by atoms with Gasteiger partial charge in [-0.15, -0.1) is 0 Å². The van der Waals surface area contributed by atoms with E-state index in [1.807, 2.05) is 0 Å². The highest BCUT2D eigenvalue weighted by Crippen LogP contribution is 2.38. The highest BCUT2D eigenvalue weighted by molar-refractivity contribution is 7.93. The molecule has 0 saturated carbocycles. The molecule has 3 rings (SSSR count). The number of nitrogens with zero attached hydrogens (tertiary/aromatic N) is 1. The van der Waals surface area contributed by atoms with Crippen LogP contribution in [-0.2, 0) is 30.8 Å². The highest BCUT2D eigenvalue weighted by atomic mass is 35.5. The van der Waals surface area contributed by atoms with E-state index in [1.165, 1.54) is 48.5 Å². The summed E-state index contributed by atoms with van der Waals surface area (Å²) < 4.78 is 91.0. The third-order valence-electron chi connectivity index (χ3n) is 5.35. The number of sulfone groups is 1. The largest absolute Gasteiger partial charge is 0.417 e. The van der Waals surface area contributed by atoms with Gasteiger partial charge in [-0.1, -0.05) is 41.9 Å². The van der Waals surface area contributed by atoms with Crippen LogP contribution in [0.3, 0.4) is 0 Å². The number of halogens is 4. The summed E-state index contributed by atoms with van der Waals surface area (Å²) in [5.41, 5.74) is -1.12. The van der Waals surface area contributed by atoms with E-state index in [9.17, 15) is 34.8 Å². The third-order valence-corrected chi connectivity index (χ3v) is 8.59. The van der Waals surface area contributed by atoms with Crippen molar-refractivity contribution in [1.82, 2.24) is 5.32 Å². The number of alkyl halides is 3. The molecular weight excluding hydrogens is 553 g/mol. The molecule has 0 aliphatic carbocycles. The second-order valence-electron chi connectivity index (χ2n) is 8.12. The molecule has 1 amide bonds. The monoisotopic (exact) mass is 574 g/mol. The second kappa shape index (κ2) is 10.7. The van der Waals surface area contributed by atoms with Crippen molar-refractivity contribution < 1.29 is 34.8 Å². The van der Waals surface area contributed by atoms with Gasteiger partial charge in [0.05, 0.1) is 32.1 Å². The number of nitrogens with one attached hydrogen (secondary N) is 1. The summed E-state index contributed by atoms with van der Waals surface area (Å²) in [6.07, 6.45) is -3.81. The Morgan fingerprint density at radius 3 is 2.08 bits per heavy atom. The maximum absolute atomic E-state index is 13.5. The van der Waals surface area contributed by atoms with Crippen molar-refractivity contribution in [1.29, 1.82) is 0 Å². The summed E-state index contributed by atoms with van der Waals surface area (Å²) in [6, 6.07) is 14.6. The number of anilines is 1. The van der Waals surface area contributed by atoms with E-state index in [2.05, 4.69) is 5.32 Å². The molecule has 0 fully saturated rings. The number of hydrogen-bond acceptors (Lipinski definition) is 5. The summed E-state index contributed by atoms with van der Waals surface area (Å²) >= 11 is 5.69. The summed E-state index contributed by atoms with van der Waals surface area (Å²) in [4.78, 5) is 12.8. The number of amides is 1. The van der Waals surface area contributed by atoms with Gasteiger partial charge < -0.3 is 5.32 Å². The van der Waals surface area contributed by atoms with Crippen LogP contribution in [0.15, 0.2) is 82.6 Å². The van der Waals surface area contributed by atoms with E-state index in [1.54, 1.807) is 13.0 Å². The minimum absolute atomic E-state index is 0.0816. The summed E-state index contributed by atoms with van der Waals surface area (Å²) in [5, 5.41) is 1.97. The molecule has 13 heteroatoms. The Morgan fingerprint density at radius 2 is 1.54 bits per heavy atom. The zero-order chi connectivity index (χ0) is 27.6. The van der Waals surface area contributed by atoms with E-state index < -0.39 is 60.8 Å². The van der Waals surface area contributed by atoms with E-state index in [0.29, 0.717) is 15.9 Å². The second-order valence-corrected chi connectivity index (χ2v) is 12.4. The molecule has 0 radical (unpaired) electrons. The van der Waals surface area contributed by atoms with Crippen LogP contribution in [0.25, 0.3) is 0 Å². The molecular formula is C24H22ClF3N2O5S2. The van der Waals surface area contributed by atoms with Crippen molar-refractivity contribution in [3.63, 3.8) is 0 Å². The number of rotatable bonds is 8. The molecule has 1 N–H and O–H groups in total. The first kappa shape index (κ1) is 28.5. The van der Waals surface area contributed by atoms with Gasteiger partial charge in [-0.25, -0.2) is 16.8 Å². The lowest BCUT2D eigenvalue weighted by Gasteiger charge is -2.26. The molecule has 0 aromatic heterocycles. The van der Waals surface area contributed by atoms with Crippen LogP contribution in [0.4, 0.5) is 18.9 Å².